The van der Waals surface area contributed by atoms with Gasteiger partial charge in [-0.1, -0.05) is 12.1 Å². The van der Waals surface area contributed by atoms with Crippen molar-refractivity contribution in [1.82, 2.24) is 9.69 Å². The first-order chi connectivity index (χ1) is 11.8. The van der Waals surface area contributed by atoms with E-state index in [4.69, 9.17) is 0 Å². The minimum atomic E-state index is -0.680. The lowest BCUT2D eigenvalue weighted by Crippen LogP contribution is -2.53. The van der Waals surface area contributed by atoms with Crippen LogP contribution in [0.1, 0.15) is 36.3 Å². The number of benzene rings is 1. The van der Waals surface area contributed by atoms with Crippen LogP contribution in [0.25, 0.3) is 0 Å². The van der Waals surface area contributed by atoms with E-state index >= 15 is 0 Å². The van der Waals surface area contributed by atoms with E-state index in [0.717, 1.165) is 24.2 Å². The normalized spacial score (nSPS) is 29.8. The first kappa shape index (κ1) is 14.3. The van der Waals surface area contributed by atoms with E-state index in [1.807, 2.05) is 23.7 Å². The number of carbonyl (C=O) groups is 1. The number of anilines is 1. The Balaban J connectivity index is 1.62. The topological polar surface area (TPSA) is 66.4 Å². The molecule has 2 N–H and O–H groups in total. The highest BCUT2D eigenvalue weighted by molar-refractivity contribution is 7.03. The molecule has 3 heterocycles. The first-order valence-corrected chi connectivity index (χ1v) is 9.25. The predicted molar refractivity (Wildman–Crippen MR) is 95.4 cm³/mol. The maximum absolute atomic E-state index is 13.2. The molecule has 1 aromatic heterocycles. The summed E-state index contributed by atoms with van der Waals surface area (Å²) in [7, 11) is 0. The standard InChI is InChI=1S/C18H18N4OS/c23-17(21-15-6-8-24-22-15)18-9-14-11(4-2-7-19-14)12-3-1-5-13(16(12)18)20-10-18/h1,3,5-6,8,10-11,14,19H,2,4,7,9H2,(H,21,22,23)/t11-,14-,18?/m1/s1. The van der Waals surface area contributed by atoms with E-state index in [1.54, 1.807) is 0 Å². The Morgan fingerprint density at radius 1 is 1.38 bits per heavy atom. The molecule has 3 atom stereocenters. The van der Waals surface area contributed by atoms with E-state index in [-0.39, 0.29) is 5.91 Å². The Labute approximate surface area is 144 Å². The number of rotatable bonds is 2. The Hall–Kier alpha value is -2.05. The second kappa shape index (κ2) is 5.22. The summed E-state index contributed by atoms with van der Waals surface area (Å²) in [6, 6.07) is 8.43. The molecule has 122 valence electrons. The molecular formula is C18H18N4OS. The zero-order valence-corrected chi connectivity index (χ0v) is 14.0. The molecule has 5 rings (SSSR count). The molecule has 3 aliphatic rings. The molecule has 0 saturated carbocycles. The minimum absolute atomic E-state index is 0.0193. The van der Waals surface area contributed by atoms with Crippen molar-refractivity contribution in [1.29, 1.82) is 0 Å². The highest BCUT2D eigenvalue weighted by Gasteiger charge is 2.52. The lowest BCUT2D eigenvalue weighted by atomic mass is 9.63. The van der Waals surface area contributed by atoms with Gasteiger partial charge in [-0.15, -0.1) is 0 Å². The first-order valence-electron chi connectivity index (χ1n) is 8.42. The van der Waals surface area contributed by atoms with E-state index in [0.29, 0.717) is 17.8 Å². The maximum Gasteiger partial charge on any atom is 0.241 e. The predicted octanol–water partition coefficient (Wildman–Crippen LogP) is 2.97. The van der Waals surface area contributed by atoms with Gasteiger partial charge in [0, 0.05) is 23.2 Å². The van der Waals surface area contributed by atoms with Crippen LogP contribution in [0, 0.1) is 0 Å². The fourth-order valence-corrected chi connectivity index (χ4v) is 4.99. The van der Waals surface area contributed by atoms with Crippen LogP contribution in [-0.2, 0) is 10.2 Å². The molecule has 24 heavy (non-hydrogen) atoms. The Morgan fingerprint density at radius 2 is 2.33 bits per heavy atom. The third kappa shape index (κ3) is 1.93. The average molecular weight is 338 g/mol. The van der Waals surface area contributed by atoms with Gasteiger partial charge in [-0.3, -0.25) is 9.79 Å². The number of aromatic nitrogens is 1. The maximum atomic E-state index is 13.2. The third-order valence-corrected chi connectivity index (χ3v) is 6.11. The van der Waals surface area contributed by atoms with Crippen LogP contribution in [0.2, 0.25) is 0 Å². The molecule has 1 unspecified atom stereocenters. The lowest BCUT2D eigenvalue weighted by Gasteiger charge is -2.44. The summed E-state index contributed by atoms with van der Waals surface area (Å²) in [5.41, 5.74) is 2.68. The van der Waals surface area contributed by atoms with Crippen LogP contribution in [0.5, 0.6) is 0 Å². The summed E-state index contributed by atoms with van der Waals surface area (Å²) in [5.74, 6) is 1.09. The van der Waals surface area contributed by atoms with Gasteiger partial charge in [-0.05, 0) is 61.0 Å². The van der Waals surface area contributed by atoms with Crippen molar-refractivity contribution in [3.8, 4) is 0 Å². The van der Waals surface area contributed by atoms with Gasteiger partial charge in [0.2, 0.25) is 5.91 Å². The highest BCUT2D eigenvalue weighted by Crippen LogP contribution is 2.51. The van der Waals surface area contributed by atoms with Gasteiger partial charge in [0.05, 0.1) is 5.69 Å². The van der Waals surface area contributed by atoms with Crippen molar-refractivity contribution in [3.63, 3.8) is 0 Å². The van der Waals surface area contributed by atoms with Crippen LogP contribution < -0.4 is 10.6 Å². The number of nitrogens with zero attached hydrogens (tertiary/aromatic N) is 2. The van der Waals surface area contributed by atoms with Crippen molar-refractivity contribution in [3.05, 3.63) is 40.8 Å². The Kier molecular flexibility index (Phi) is 3.11. The van der Waals surface area contributed by atoms with Gasteiger partial charge < -0.3 is 10.6 Å². The van der Waals surface area contributed by atoms with Crippen LogP contribution >= 0.6 is 11.5 Å². The molecule has 1 fully saturated rings. The number of fused-ring (bicyclic) bond motifs is 2. The minimum Gasteiger partial charge on any atom is -0.313 e. The largest absolute Gasteiger partial charge is 0.313 e. The molecule has 1 saturated heterocycles. The van der Waals surface area contributed by atoms with Crippen LogP contribution in [0.15, 0.2) is 34.6 Å². The quantitative estimate of drug-likeness (QED) is 0.885. The number of carbonyl (C=O) groups excluding carboxylic acids is 1. The summed E-state index contributed by atoms with van der Waals surface area (Å²) in [5, 5.41) is 8.50. The molecule has 0 bridgehead atoms. The fourth-order valence-electron chi connectivity index (χ4n) is 4.52. The zero-order valence-electron chi connectivity index (χ0n) is 13.2. The number of aliphatic imine (C=N–C) groups is 1. The molecule has 0 spiro atoms. The number of hydrogen-bond donors (Lipinski definition) is 2. The van der Waals surface area contributed by atoms with Crippen molar-refractivity contribution >= 4 is 35.2 Å². The third-order valence-electron chi connectivity index (χ3n) is 5.55. The molecule has 1 amide bonds. The van der Waals surface area contributed by atoms with Crippen molar-refractivity contribution < 1.29 is 4.79 Å². The van der Waals surface area contributed by atoms with Gasteiger partial charge in [-0.25, -0.2) is 0 Å². The number of nitrogens with one attached hydrogen (secondary N) is 2. The van der Waals surface area contributed by atoms with Crippen LogP contribution in [0.4, 0.5) is 11.5 Å². The van der Waals surface area contributed by atoms with Crippen molar-refractivity contribution in [2.45, 2.75) is 36.6 Å². The summed E-state index contributed by atoms with van der Waals surface area (Å²) < 4.78 is 4.22. The molecule has 5 nitrogen and oxygen atoms in total. The number of hydrogen-bond acceptors (Lipinski definition) is 5. The molecular weight excluding hydrogens is 320 g/mol. The SMILES string of the molecule is O=C(Nc1ccsn1)C12C=Nc3cccc(c31)[C@H]1CCCN[C@@H]1C2. The van der Waals surface area contributed by atoms with Crippen LogP contribution in [0.3, 0.4) is 0 Å². The van der Waals surface area contributed by atoms with Gasteiger partial charge in [0.25, 0.3) is 0 Å². The van der Waals surface area contributed by atoms with E-state index in [9.17, 15) is 4.79 Å². The number of amides is 1. The second-order valence-electron chi connectivity index (χ2n) is 6.82. The van der Waals surface area contributed by atoms with Crippen molar-refractivity contribution in [2.75, 3.05) is 11.9 Å². The average Bonchev–Trinajstić information content (AvgIpc) is 3.25. The van der Waals surface area contributed by atoms with Gasteiger partial charge in [0.15, 0.2) is 0 Å². The summed E-state index contributed by atoms with van der Waals surface area (Å²) in [6.45, 7) is 1.02. The van der Waals surface area contributed by atoms with Gasteiger partial charge in [-0.2, -0.15) is 4.37 Å². The Bertz CT molecular complexity index is 832. The molecule has 1 aromatic carbocycles. The molecule has 6 heteroatoms. The van der Waals surface area contributed by atoms with Crippen LogP contribution in [-0.4, -0.2) is 29.1 Å². The number of piperidine rings is 1. The Morgan fingerprint density at radius 3 is 3.21 bits per heavy atom. The summed E-state index contributed by atoms with van der Waals surface area (Å²) in [6.07, 6.45) is 4.98. The molecule has 1 aliphatic carbocycles. The molecule has 2 aliphatic heterocycles. The summed E-state index contributed by atoms with van der Waals surface area (Å²) >= 11 is 1.34. The van der Waals surface area contributed by atoms with Crippen molar-refractivity contribution in [2.24, 2.45) is 4.99 Å². The van der Waals surface area contributed by atoms with E-state index < -0.39 is 5.41 Å². The highest BCUT2D eigenvalue weighted by atomic mass is 32.1. The van der Waals surface area contributed by atoms with E-state index in [2.05, 4.69) is 32.1 Å². The van der Waals surface area contributed by atoms with Gasteiger partial charge >= 0.3 is 0 Å². The molecule has 0 radical (unpaired) electrons. The zero-order chi connectivity index (χ0) is 16.1. The lowest BCUT2D eigenvalue weighted by molar-refractivity contribution is -0.119. The monoisotopic (exact) mass is 338 g/mol. The smallest absolute Gasteiger partial charge is 0.241 e. The summed E-state index contributed by atoms with van der Waals surface area (Å²) in [4.78, 5) is 17.8. The fraction of sp³-hybridized carbons (Fsp3) is 0.389. The van der Waals surface area contributed by atoms with Gasteiger partial charge in [0.1, 0.15) is 11.2 Å². The second-order valence-corrected chi connectivity index (χ2v) is 7.49. The molecule has 2 aromatic rings. The van der Waals surface area contributed by atoms with E-state index in [1.165, 1.54) is 29.9 Å².